The van der Waals surface area contributed by atoms with Gasteiger partial charge in [-0.3, -0.25) is 9.88 Å². The lowest BCUT2D eigenvalue weighted by atomic mass is 9.89. The summed E-state index contributed by atoms with van der Waals surface area (Å²) in [6.07, 6.45) is 10.5. The molecule has 0 bridgehead atoms. The Bertz CT molecular complexity index is 437. The molecule has 0 amide bonds. The standard InChI is InChI=1S/C18H29N3/c1-15(2)17-13-20-18(8-3-4-9-18)14-21(17)12-7-16-5-10-19-11-6-16/h5-6,10-11,15,17,20H,3-4,7-9,12-14H2,1-2H3. The third-order valence-corrected chi connectivity index (χ3v) is 5.43. The second kappa shape index (κ2) is 6.45. The molecule has 2 fully saturated rings. The molecule has 2 heterocycles. The Balaban J connectivity index is 1.65. The normalized spacial score (nSPS) is 25.8. The third-order valence-electron chi connectivity index (χ3n) is 5.43. The molecule has 3 nitrogen and oxygen atoms in total. The van der Waals surface area contributed by atoms with E-state index < -0.39 is 0 Å². The van der Waals surface area contributed by atoms with Crippen molar-refractivity contribution in [1.82, 2.24) is 15.2 Å². The number of hydrogen-bond donors (Lipinski definition) is 1. The van der Waals surface area contributed by atoms with Gasteiger partial charge in [0.15, 0.2) is 0 Å². The zero-order valence-corrected chi connectivity index (χ0v) is 13.5. The monoisotopic (exact) mass is 287 g/mol. The average molecular weight is 287 g/mol. The van der Waals surface area contributed by atoms with Gasteiger partial charge in [0.2, 0.25) is 0 Å². The number of nitrogens with zero attached hydrogens (tertiary/aromatic N) is 2. The Labute approximate surface area is 129 Å². The van der Waals surface area contributed by atoms with Crippen molar-refractivity contribution in [3.63, 3.8) is 0 Å². The first-order valence-corrected chi connectivity index (χ1v) is 8.57. The Morgan fingerprint density at radius 3 is 2.67 bits per heavy atom. The minimum Gasteiger partial charge on any atom is -0.308 e. The molecular formula is C18H29N3. The van der Waals surface area contributed by atoms with Crippen LogP contribution in [-0.4, -0.2) is 41.1 Å². The van der Waals surface area contributed by atoms with Crippen LogP contribution in [0.15, 0.2) is 24.5 Å². The zero-order valence-electron chi connectivity index (χ0n) is 13.5. The van der Waals surface area contributed by atoms with E-state index in [9.17, 15) is 0 Å². The van der Waals surface area contributed by atoms with Gasteiger partial charge in [-0.2, -0.15) is 0 Å². The van der Waals surface area contributed by atoms with Gasteiger partial charge in [-0.05, 0) is 42.9 Å². The first-order chi connectivity index (χ1) is 10.2. The third kappa shape index (κ3) is 3.46. The topological polar surface area (TPSA) is 28.2 Å². The number of piperazine rings is 1. The molecule has 116 valence electrons. The van der Waals surface area contributed by atoms with Crippen LogP contribution in [0.4, 0.5) is 0 Å². The lowest BCUT2D eigenvalue weighted by molar-refractivity contribution is 0.0580. The zero-order chi connectivity index (χ0) is 14.7. The van der Waals surface area contributed by atoms with Gasteiger partial charge in [0, 0.05) is 43.6 Å². The van der Waals surface area contributed by atoms with E-state index in [-0.39, 0.29) is 0 Å². The summed E-state index contributed by atoms with van der Waals surface area (Å²) in [4.78, 5) is 6.87. The molecule has 1 N–H and O–H groups in total. The molecule has 1 aliphatic heterocycles. The molecule has 1 aromatic heterocycles. The maximum atomic E-state index is 4.12. The van der Waals surface area contributed by atoms with Gasteiger partial charge in [-0.15, -0.1) is 0 Å². The Morgan fingerprint density at radius 2 is 2.00 bits per heavy atom. The lowest BCUT2D eigenvalue weighted by Gasteiger charge is -2.48. The van der Waals surface area contributed by atoms with Gasteiger partial charge < -0.3 is 5.32 Å². The highest BCUT2D eigenvalue weighted by atomic mass is 15.3. The summed E-state index contributed by atoms with van der Waals surface area (Å²) >= 11 is 0. The van der Waals surface area contributed by atoms with Crippen molar-refractivity contribution in [2.75, 3.05) is 19.6 Å². The molecule has 1 unspecified atom stereocenters. The molecule has 0 radical (unpaired) electrons. The molecule has 1 spiro atoms. The predicted molar refractivity (Wildman–Crippen MR) is 87.3 cm³/mol. The smallest absolute Gasteiger partial charge is 0.0309 e. The van der Waals surface area contributed by atoms with E-state index in [1.165, 1.54) is 44.3 Å². The van der Waals surface area contributed by atoms with Crippen LogP contribution in [0.5, 0.6) is 0 Å². The highest BCUT2D eigenvalue weighted by Crippen LogP contribution is 2.34. The Morgan fingerprint density at radius 1 is 1.29 bits per heavy atom. The minimum absolute atomic E-state index is 0.420. The molecule has 0 aromatic carbocycles. The van der Waals surface area contributed by atoms with Crippen molar-refractivity contribution in [3.05, 3.63) is 30.1 Å². The number of hydrogen-bond acceptors (Lipinski definition) is 3. The first kappa shape index (κ1) is 15.0. The number of aromatic nitrogens is 1. The van der Waals surface area contributed by atoms with Crippen LogP contribution in [0.2, 0.25) is 0 Å². The van der Waals surface area contributed by atoms with Gasteiger partial charge >= 0.3 is 0 Å². The van der Waals surface area contributed by atoms with E-state index >= 15 is 0 Å². The second-order valence-corrected chi connectivity index (χ2v) is 7.26. The molecule has 3 rings (SSSR count). The quantitative estimate of drug-likeness (QED) is 0.923. The summed E-state index contributed by atoms with van der Waals surface area (Å²) in [5, 5.41) is 3.90. The fourth-order valence-electron chi connectivity index (χ4n) is 4.12. The van der Waals surface area contributed by atoms with Crippen molar-refractivity contribution in [3.8, 4) is 0 Å². The second-order valence-electron chi connectivity index (χ2n) is 7.26. The average Bonchev–Trinajstić information content (AvgIpc) is 2.94. The van der Waals surface area contributed by atoms with Crippen molar-refractivity contribution >= 4 is 0 Å². The molecular weight excluding hydrogens is 258 g/mol. The molecule has 1 saturated heterocycles. The van der Waals surface area contributed by atoms with Gasteiger partial charge in [-0.1, -0.05) is 26.7 Å². The van der Waals surface area contributed by atoms with E-state index in [1.54, 1.807) is 0 Å². The van der Waals surface area contributed by atoms with Gasteiger partial charge in [0.25, 0.3) is 0 Å². The fraction of sp³-hybridized carbons (Fsp3) is 0.722. The van der Waals surface area contributed by atoms with Crippen LogP contribution in [-0.2, 0) is 6.42 Å². The van der Waals surface area contributed by atoms with Crippen LogP contribution in [0.25, 0.3) is 0 Å². The van der Waals surface area contributed by atoms with Crippen LogP contribution in [0.1, 0.15) is 45.1 Å². The van der Waals surface area contributed by atoms with Crippen LogP contribution >= 0.6 is 0 Å². The van der Waals surface area contributed by atoms with Gasteiger partial charge in [-0.25, -0.2) is 0 Å². The van der Waals surface area contributed by atoms with Crippen molar-refractivity contribution in [2.45, 2.75) is 57.5 Å². The Hall–Kier alpha value is -0.930. The van der Waals surface area contributed by atoms with Crippen LogP contribution in [0, 0.1) is 5.92 Å². The van der Waals surface area contributed by atoms with E-state index in [0.717, 1.165) is 13.0 Å². The molecule has 1 aromatic rings. The summed E-state index contributed by atoms with van der Waals surface area (Å²) in [5.41, 5.74) is 1.83. The summed E-state index contributed by atoms with van der Waals surface area (Å²) < 4.78 is 0. The van der Waals surface area contributed by atoms with Crippen LogP contribution < -0.4 is 5.32 Å². The van der Waals surface area contributed by atoms with E-state index in [2.05, 4.69) is 41.2 Å². The summed E-state index contributed by atoms with van der Waals surface area (Å²) in [6, 6.07) is 4.98. The van der Waals surface area contributed by atoms with E-state index in [4.69, 9.17) is 0 Å². The SMILES string of the molecule is CC(C)C1CNC2(CCCC2)CN1CCc1ccncc1. The molecule has 2 aliphatic rings. The number of nitrogens with one attached hydrogen (secondary N) is 1. The predicted octanol–water partition coefficient (Wildman–Crippen LogP) is 2.87. The van der Waals surface area contributed by atoms with Crippen molar-refractivity contribution in [1.29, 1.82) is 0 Å². The van der Waals surface area contributed by atoms with Crippen molar-refractivity contribution < 1.29 is 0 Å². The highest BCUT2D eigenvalue weighted by molar-refractivity contribution is 5.10. The Kier molecular flexibility index (Phi) is 4.60. The number of pyridine rings is 1. The minimum atomic E-state index is 0.420. The largest absolute Gasteiger partial charge is 0.308 e. The maximum absolute atomic E-state index is 4.12. The molecule has 1 atom stereocenters. The van der Waals surface area contributed by atoms with Crippen LogP contribution in [0.3, 0.4) is 0 Å². The first-order valence-electron chi connectivity index (χ1n) is 8.57. The summed E-state index contributed by atoms with van der Waals surface area (Å²) in [6.45, 7) is 8.29. The summed E-state index contributed by atoms with van der Waals surface area (Å²) in [7, 11) is 0. The van der Waals surface area contributed by atoms with Gasteiger partial charge in [0.1, 0.15) is 0 Å². The van der Waals surface area contributed by atoms with E-state index in [1.807, 2.05) is 12.4 Å². The molecule has 21 heavy (non-hydrogen) atoms. The van der Waals surface area contributed by atoms with Crippen molar-refractivity contribution in [2.24, 2.45) is 5.92 Å². The lowest BCUT2D eigenvalue weighted by Crippen LogP contribution is -2.64. The maximum Gasteiger partial charge on any atom is 0.0309 e. The summed E-state index contributed by atoms with van der Waals surface area (Å²) in [5.74, 6) is 0.716. The van der Waals surface area contributed by atoms with Gasteiger partial charge in [0.05, 0.1) is 0 Å². The fourth-order valence-corrected chi connectivity index (χ4v) is 4.12. The molecule has 3 heteroatoms. The molecule has 1 aliphatic carbocycles. The number of rotatable bonds is 4. The highest BCUT2D eigenvalue weighted by Gasteiger charge is 2.41. The van der Waals surface area contributed by atoms with E-state index in [0.29, 0.717) is 17.5 Å². The molecule has 1 saturated carbocycles.